The molecule has 5 heteroatoms. The number of hydrogen-bond donors (Lipinski definition) is 1. The van der Waals surface area contributed by atoms with E-state index >= 15 is 0 Å². The Morgan fingerprint density at radius 1 is 1.22 bits per heavy atom. The first-order valence-electron chi connectivity index (χ1n) is 7.34. The van der Waals surface area contributed by atoms with E-state index in [1.54, 1.807) is 0 Å². The molecule has 1 unspecified atom stereocenters. The Bertz CT molecular complexity index is 341. The zero-order valence-corrected chi connectivity index (χ0v) is 11.6. The van der Waals surface area contributed by atoms with Crippen LogP contribution in [0.25, 0.3) is 0 Å². The summed E-state index contributed by atoms with van der Waals surface area (Å²) in [4.78, 5) is 0. The Kier molecular flexibility index (Phi) is 5.11. The maximum Gasteiger partial charge on any atom is 0.168 e. The number of rotatable bonds is 4. The van der Waals surface area contributed by atoms with Crippen LogP contribution in [0.1, 0.15) is 76.7 Å². The second-order valence-electron chi connectivity index (χ2n) is 5.26. The SMILES string of the molecule is CCNC(C)c1nnnn1C1CCCCCCC1. The average molecular weight is 251 g/mol. The molecule has 1 heterocycles. The summed E-state index contributed by atoms with van der Waals surface area (Å²) < 4.78 is 2.07. The summed E-state index contributed by atoms with van der Waals surface area (Å²) in [6.07, 6.45) is 9.16. The molecule has 1 saturated carbocycles. The highest BCUT2D eigenvalue weighted by atomic mass is 15.6. The van der Waals surface area contributed by atoms with Crippen LogP contribution >= 0.6 is 0 Å². The number of hydrogen-bond acceptors (Lipinski definition) is 4. The minimum Gasteiger partial charge on any atom is -0.308 e. The molecular formula is C13H25N5. The molecule has 5 nitrogen and oxygen atoms in total. The van der Waals surface area contributed by atoms with Crippen molar-refractivity contribution in [1.82, 2.24) is 25.5 Å². The van der Waals surface area contributed by atoms with Crippen LogP contribution in [-0.2, 0) is 0 Å². The number of aromatic nitrogens is 4. The van der Waals surface area contributed by atoms with Gasteiger partial charge in [0.1, 0.15) is 0 Å². The molecule has 0 bridgehead atoms. The summed E-state index contributed by atoms with van der Waals surface area (Å²) in [6, 6.07) is 0.729. The van der Waals surface area contributed by atoms with Gasteiger partial charge in [0.25, 0.3) is 0 Å². The van der Waals surface area contributed by atoms with Crippen LogP contribution in [0.3, 0.4) is 0 Å². The maximum atomic E-state index is 4.23. The molecule has 0 spiro atoms. The van der Waals surface area contributed by atoms with Gasteiger partial charge in [-0.05, 0) is 36.7 Å². The highest BCUT2D eigenvalue weighted by molar-refractivity contribution is 4.92. The van der Waals surface area contributed by atoms with Gasteiger partial charge >= 0.3 is 0 Å². The quantitative estimate of drug-likeness (QED) is 0.893. The second kappa shape index (κ2) is 6.83. The van der Waals surface area contributed by atoms with E-state index in [9.17, 15) is 0 Å². The van der Waals surface area contributed by atoms with Crippen LogP contribution < -0.4 is 5.32 Å². The van der Waals surface area contributed by atoms with E-state index in [1.165, 1.54) is 44.9 Å². The second-order valence-corrected chi connectivity index (χ2v) is 5.26. The molecule has 0 saturated heterocycles. The van der Waals surface area contributed by atoms with Crippen molar-refractivity contribution in [2.24, 2.45) is 0 Å². The lowest BCUT2D eigenvalue weighted by atomic mass is 9.96. The first kappa shape index (κ1) is 13.5. The fourth-order valence-electron chi connectivity index (χ4n) is 2.82. The average Bonchev–Trinajstić information content (AvgIpc) is 2.78. The van der Waals surface area contributed by atoms with E-state index in [1.807, 2.05) is 0 Å². The van der Waals surface area contributed by atoms with Gasteiger partial charge in [-0.25, -0.2) is 4.68 Å². The van der Waals surface area contributed by atoms with Gasteiger partial charge in [0.05, 0.1) is 12.1 Å². The first-order chi connectivity index (χ1) is 8.83. The van der Waals surface area contributed by atoms with Crippen molar-refractivity contribution >= 4 is 0 Å². The Balaban J connectivity index is 2.08. The zero-order chi connectivity index (χ0) is 12.8. The third kappa shape index (κ3) is 3.28. The minimum atomic E-state index is 0.232. The first-order valence-corrected chi connectivity index (χ1v) is 7.34. The van der Waals surface area contributed by atoms with E-state index in [-0.39, 0.29) is 6.04 Å². The van der Waals surface area contributed by atoms with Crippen LogP contribution in [0.4, 0.5) is 0 Å². The smallest absolute Gasteiger partial charge is 0.168 e. The van der Waals surface area contributed by atoms with Crippen molar-refractivity contribution in [3.05, 3.63) is 5.82 Å². The fraction of sp³-hybridized carbons (Fsp3) is 0.923. The minimum absolute atomic E-state index is 0.232. The van der Waals surface area contributed by atoms with Gasteiger partial charge in [-0.1, -0.05) is 39.0 Å². The molecule has 0 amide bonds. The molecule has 0 aromatic carbocycles. The molecule has 1 fully saturated rings. The molecule has 1 aromatic heterocycles. The summed E-state index contributed by atoms with van der Waals surface area (Å²) in [5.41, 5.74) is 0. The summed E-state index contributed by atoms with van der Waals surface area (Å²) in [5, 5.41) is 15.7. The fourth-order valence-corrected chi connectivity index (χ4v) is 2.82. The molecule has 2 rings (SSSR count). The number of nitrogens with one attached hydrogen (secondary N) is 1. The number of nitrogens with zero attached hydrogens (tertiary/aromatic N) is 4. The van der Waals surface area contributed by atoms with Crippen LogP contribution in [0.2, 0.25) is 0 Å². The molecule has 0 aliphatic heterocycles. The van der Waals surface area contributed by atoms with Crippen molar-refractivity contribution in [3.8, 4) is 0 Å². The van der Waals surface area contributed by atoms with Gasteiger partial charge in [0.2, 0.25) is 0 Å². The van der Waals surface area contributed by atoms with E-state index < -0.39 is 0 Å². The van der Waals surface area contributed by atoms with Crippen molar-refractivity contribution in [2.45, 2.75) is 70.9 Å². The van der Waals surface area contributed by atoms with Crippen molar-refractivity contribution < 1.29 is 0 Å². The highest BCUT2D eigenvalue weighted by Gasteiger charge is 2.21. The lowest BCUT2D eigenvalue weighted by Gasteiger charge is -2.22. The van der Waals surface area contributed by atoms with Crippen LogP contribution in [-0.4, -0.2) is 26.8 Å². The standard InChI is InChI=1S/C13H25N5/c1-3-14-11(2)13-15-16-17-18(13)12-9-7-5-4-6-8-10-12/h11-12,14H,3-10H2,1-2H3. The summed E-state index contributed by atoms with van der Waals surface area (Å²) >= 11 is 0. The summed E-state index contributed by atoms with van der Waals surface area (Å²) in [7, 11) is 0. The molecule has 1 aliphatic carbocycles. The van der Waals surface area contributed by atoms with Crippen molar-refractivity contribution in [1.29, 1.82) is 0 Å². The third-order valence-corrected chi connectivity index (χ3v) is 3.84. The molecule has 1 aromatic rings. The van der Waals surface area contributed by atoms with Crippen molar-refractivity contribution in [2.75, 3.05) is 6.54 Å². The molecular weight excluding hydrogens is 226 g/mol. The van der Waals surface area contributed by atoms with Gasteiger partial charge < -0.3 is 5.32 Å². The molecule has 1 aliphatic rings. The van der Waals surface area contributed by atoms with Gasteiger partial charge in [-0.3, -0.25) is 0 Å². The predicted molar refractivity (Wildman–Crippen MR) is 71.3 cm³/mol. The van der Waals surface area contributed by atoms with E-state index in [0.29, 0.717) is 6.04 Å². The Morgan fingerprint density at radius 3 is 2.56 bits per heavy atom. The van der Waals surface area contributed by atoms with Gasteiger partial charge in [0.15, 0.2) is 5.82 Å². The Labute approximate surface area is 109 Å². The molecule has 0 radical (unpaired) electrons. The highest BCUT2D eigenvalue weighted by Crippen LogP contribution is 2.27. The summed E-state index contributed by atoms with van der Waals surface area (Å²) in [5.74, 6) is 0.988. The Morgan fingerprint density at radius 2 is 1.89 bits per heavy atom. The third-order valence-electron chi connectivity index (χ3n) is 3.84. The largest absolute Gasteiger partial charge is 0.308 e. The van der Waals surface area contributed by atoms with E-state index in [0.717, 1.165) is 12.4 Å². The monoisotopic (exact) mass is 251 g/mol. The normalized spacial score (nSPS) is 20.3. The lowest BCUT2D eigenvalue weighted by molar-refractivity contribution is 0.326. The van der Waals surface area contributed by atoms with Crippen LogP contribution in [0.5, 0.6) is 0 Å². The molecule has 18 heavy (non-hydrogen) atoms. The molecule has 1 atom stereocenters. The molecule has 1 N–H and O–H groups in total. The van der Waals surface area contributed by atoms with Gasteiger partial charge in [0, 0.05) is 0 Å². The molecule has 102 valence electrons. The maximum absolute atomic E-state index is 4.23. The number of tetrazole rings is 1. The van der Waals surface area contributed by atoms with Crippen LogP contribution in [0.15, 0.2) is 0 Å². The zero-order valence-electron chi connectivity index (χ0n) is 11.6. The van der Waals surface area contributed by atoms with Crippen molar-refractivity contribution in [3.63, 3.8) is 0 Å². The lowest BCUT2D eigenvalue weighted by Crippen LogP contribution is -2.24. The van der Waals surface area contributed by atoms with Crippen LogP contribution in [0, 0.1) is 0 Å². The van der Waals surface area contributed by atoms with E-state index in [2.05, 4.69) is 39.4 Å². The summed E-state index contributed by atoms with van der Waals surface area (Å²) in [6.45, 7) is 5.19. The van der Waals surface area contributed by atoms with Gasteiger partial charge in [-0.2, -0.15) is 0 Å². The van der Waals surface area contributed by atoms with E-state index in [4.69, 9.17) is 0 Å². The Hall–Kier alpha value is -0.970. The topological polar surface area (TPSA) is 55.6 Å². The predicted octanol–water partition coefficient (Wildman–Crippen LogP) is 2.63. The van der Waals surface area contributed by atoms with Gasteiger partial charge in [-0.15, -0.1) is 5.10 Å².